The Hall–Kier alpha value is -8.74. The van der Waals surface area contributed by atoms with E-state index in [0.717, 1.165) is 75.5 Å². The van der Waals surface area contributed by atoms with Crippen molar-refractivity contribution < 1.29 is 18.6 Å². The number of halogens is 2. The Balaban J connectivity index is 0.000000216. The van der Waals surface area contributed by atoms with Gasteiger partial charge in [0.2, 0.25) is 0 Å². The molecule has 9 aromatic carbocycles. The van der Waals surface area contributed by atoms with Crippen LogP contribution in [0.25, 0.3) is 0 Å². The Morgan fingerprint density at radius 2 is 0.742 bits per heavy atom. The SMILES string of the molecule is CC(C)c1ccc(C2=NC=NC2)cc1.CC(C)c1cccc(C(C)C)c1.CC(C)c1cccc(CN(C)C)c1.CC(C)c1cccc(N2CCC(F)(F)C2)c1.CC(C)c1cccc(N2CCOCC2)c1.CC(C)c1cccc(N2CC[C@@H](C)C2)c1.CC(C)c1cccc(N2CC[C@H](C)C2)c1.CCC(O)Cc1cccc(C(C)C)c1.Cc1ccc(C(C)C)cc1. The molecule has 0 radical (unpaired) electrons. The van der Waals surface area contributed by atoms with Crippen LogP contribution < -0.4 is 19.6 Å². The second-order valence-electron chi connectivity index (χ2n) is 38.5. The first kappa shape index (κ1) is 104. The van der Waals surface area contributed by atoms with Crippen LogP contribution in [0.5, 0.6) is 0 Å². The molecule has 0 bridgehead atoms. The minimum atomic E-state index is -2.52. The number of ether oxygens (including phenoxy) is 1. The van der Waals surface area contributed by atoms with Crippen LogP contribution in [-0.4, -0.2) is 120 Å². The third kappa shape index (κ3) is 37.4. The van der Waals surface area contributed by atoms with Crippen molar-refractivity contribution >= 4 is 34.8 Å². The van der Waals surface area contributed by atoms with Gasteiger partial charge in [-0.15, -0.1) is 0 Å². The summed E-state index contributed by atoms with van der Waals surface area (Å²) < 4.78 is 31.6. The minimum Gasteiger partial charge on any atom is -0.393 e. The molecule has 9 aromatic rings. The van der Waals surface area contributed by atoms with E-state index in [1.54, 1.807) is 11.2 Å². The Kier molecular flexibility index (Phi) is 45.0. The van der Waals surface area contributed by atoms with E-state index in [1.807, 2.05) is 31.2 Å². The number of anilines is 4. The maximum absolute atomic E-state index is 13.1. The molecule has 1 unspecified atom stereocenters. The number of rotatable bonds is 20. The van der Waals surface area contributed by atoms with Crippen molar-refractivity contribution in [1.29, 1.82) is 0 Å². The standard InChI is InChI=1S/2C14H21N.C13H17F2N.C13H19NO.C13H20O.C12H14N2.C12H19N.C12H18.C10H14/c2*1-11(2)13-5-4-6-14(9-13)15-8-7-12(3)10-15;1-10(2)11-4-3-5-12(8-11)16-7-6-13(14,15)9-16;1-11(2)12-4-3-5-13(10-12)14-6-8-15-9-7-14;1-4-13(14)9-11-6-5-7-12(8-11)10(2)3;1-9(2)10-3-5-11(6-4-10)12-7-13-8-14-12;1-10(2)12-7-5-6-11(8-12)9-13(3)4;1-9(2)11-6-5-7-12(8-11)10(3)4;1-8(2)10-6-4-9(3)5-7-10/h2*4-6,9,11-12H,7-8,10H2,1-3H3;3-5,8,10H,6-7,9H2,1-2H3;3-5,10-11H,6-9H2,1-2H3;5-8,10,13-14H,4,9H2,1-3H3;3-6,8-9H,7H2,1-2H3;5-8,10H,9H2,1-4H3;5-10H,1-4H3;4-8H,1-3H3/t2*12-;;;;;;;/m10......./s1. The van der Waals surface area contributed by atoms with Crippen LogP contribution in [0.2, 0.25) is 0 Å². The van der Waals surface area contributed by atoms with Crippen molar-refractivity contribution in [3.05, 3.63) is 296 Å². The molecule has 124 heavy (non-hydrogen) atoms. The van der Waals surface area contributed by atoms with Gasteiger partial charge in [0.1, 0.15) is 6.34 Å². The van der Waals surface area contributed by atoms with Crippen LogP contribution >= 0.6 is 0 Å². The minimum absolute atomic E-state index is 0.0289. The number of morpholine rings is 1. The number of nitrogens with zero attached hydrogens (tertiary/aromatic N) is 7. The fourth-order valence-electron chi connectivity index (χ4n) is 15.1. The summed E-state index contributed by atoms with van der Waals surface area (Å²) in [5.41, 5.74) is 25.3. The molecule has 0 spiro atoms. The lowest BCUT2D eigenvalue weighted by molar-refractivity contribution is 0.0257. The van der Waals surface area contributed by atoms with Crippen LogP contribution in [0, 0.1) is 18.8 Å². The largest absolute Gasteiger partial charge is 0.393 e. The van der Waals surface area contributed by atoms with Crippen molar-refractivity contribution in [3.8, 4) is 0 Å². The average molecular weight is 1690 g/mol. The third-order valence-corrected chi connectivity index (χ3v) is 23.7. The molecule has 9 nitrogen and oxygen atoms in total. The van der Waals surface area contributed by atoms with Crippen molar-refractivity contribution in [2.45, 2.75) is 276 Å². The normalized spacial score (nSPS) is 16.0. The second kappa shape index (κ2) is 53.7. The number of benzene rings is 9. The zero-order valence-electron chi connectivity index (χ0n) is 81.6. The van der Waals surface area contributed by atoms with Crippen LogP contribution in [0.15, 0.2) is 228 Å². The summed E-state index contributed by atoms with van der Waals surface area (Å²) in [6.07, 6.45) is 5.68. The predicted octanol–water partition coefficient (Wildman–Crippen LogP) is 29.3. The van der Waals surface area contributed by atoms with Crippen molar-refractivity contribution in [2.24, 2.45) is 21.8 Å². The van der Waals surface area contributed by atoms with Gasteiger partial charge in [-0.1, -0.05) is 335 Å². The zero-order chi connectivity index (χ0) is 91.2. The summed E-state index contributed by atoms with van der Waals surface area (Å²) in [6.45, 7) is 63.8. The van der Waals surface area contributed by atoms with Gasteiger partial charge in [0.05, 0.1) is 38.1 Å². The molecule has 1 N–H and O–H groups in total. The summed E-state index contributed by atoms with van der Waals surface area (Å²) in [5, 5.41) is 9.54. The number of aliphatic hydroxyl groups is 1. The van der Waals surface area contributed by atoms with Gasteiger partial charge in [0.25, 0.3) is 5.92 Å². The first-order chi connectivity index (χ1) is 58.9. The highest BCUT2D eigenvalue weighted by Crippen LogP contribution is 2.34. The number of aliphatic imine (C=N–C) groups is 2. The van der Waals surface area contributed by atoms with E-state index < -0.39 is 5.92 Å². The van der Waals surface area contributed by atoms with Crippen molar-refractivity contribution in [1.82, 2.24) is 4.90 Å². The molecule has 0 saturated carbocycles. The summed E-state index contributed by atoms with van der Waals surface area (Å²) in [6, 6.07) is 78.3. The number of hydrogen-bond acceptors (Lipinski definition) is 9. The molecule has 4 fully saturated rings. The molecule has 11 heteroatoms. The van der Waals surface area contributed by atoms with Gasteiger partial charge in [-0.3, -0.25) is 4.99 Å². The summed E-state index contributed by atoms with van der Waals surface area (Å²) in [5.74, 6) is 5.20. The number of alkyl halides is 2. The van der Waals surface area contributed by atoms with E-state index in [-0.39, 0.29) is 19.1 Å². The summed E-state index contributed by atoms with van der Waals surface area (Å²) >= 11 is 0. The molecule has 5 heterocycles. The van der Waals surface area contributed by atoms with E-state index in [2.05, 4.69) is 397 Å². The molecular formula is C113H163F2N7O2. The van der Waals surface area contributed by atoms with E-state index in [9.17, 15) is 13.9 Å². The lowest BCUT2D eigenvalue weighted by Crippen LogP contribution is -2.36. The van der Waals surface area contributed by atoms with Gasteiger partial charge >= 0.3 is 0 Å². The highest BCUT2D eigenvalue weighted by atomic mass is 19.3. The van der Waals surface area contributed by atoms with Crippen molar-refractivity contribution in [3.63, 3.8) is 0 Å². The monoisotopic (exact) mass is 1690 g/mol. The topological polar surface area (TPSA) is 70.4 Å². The Morgan fingerprint density at radius 3 is 1.08 bits per heavy atom. The number of aliphatic hydroxyl groups excluding tert-OH is 1. The Labute approximate surface area is 753 Å². The van der Waals surface area contributed by atoms with E-state index in [4.69, 9.17) is 4.74 Å². The van der Waals surface area contributed by atoms with Crippen LogP contribution in [0.3, 0.4) is 0 Å². The molecule has 0 aliphatic carbocycles. The molecule has 14 rings (SSSR count). The van der Waals surface area contributed by atoms with Gasteiger partial charge in [-0.2, -0.15) is 0 Å². The lowest BCUT2D eigenvalue weighted by atomic mass is 9.96. The molecule has 5 aliphatic rings. The maximum Gasteiger partial charge on any atom is 0.266 e. The van der Waals surface area contributed by atoms with Crippen LogP contribution in [-0.2, 0) is 17.7 Å². The molecule has 0 aromatic heterocycles. The smallest absolute Gasteiger partial charge is 0.266 e. The Morgan fingerprint density at radius 1 is 0.403 bits per heavy atom. The predicted molar refractivity (Wildman–Crippen MR) is 538 cm³/mol. The molecule has 5 aliphatic heterocycles. The average Bonchev–Trinajstić information content (AvgIpc) is 1.66. The fourth-order valence-corrected chi connectivity index (χ4v) is 15.1. The molecule has 4 saturated heterocycles. The molecule has 3 atom stereocenters. The third-order valence-electron chi connectivity index (χ3n) is 23.7. The first-order valence-electron chi connectivity index (χ1n) is 47.1. The second-order valence-corrected chi connectivity index (χ2v) is 38.5. The van der Waals surface area contributed by atoms with E-state index in [0.29, 0.717) is 65.7 Å². The van der Waals surface area contributed by atoms with Gasteiger partial charge in [0, 0.05) is 81.5 Å². The van der Waals surface area contributed by atoms with Crippen molar-refractivity contribution in [2.75, 3.05) is 106 Å². The quantitative estimate of drug-likeness (QED) is 0.0815. The molecule has 676 valence electrons. The van der Waals surface area contributed by atoms with Gasteiger partial charge in [-0.05, 0) is 239 Å². The van der Waals surface area contributed by atoms with E-state index >= 15 is 0 Å². The summed E-state index contributed by atoms with van der Waals surface area (Å²) in [4.78, 5) is 19.7. The lowest BCUT2D eigenvalue weighted by Gasteiger charge is -2.29. The summed E-state index contributed by atoms with van der Waals surface area (Å²) in [7, 11) is 4.20. The number of hydrogen-bond donors (Lipinski definition) is 1. The van der Waals surface area contributed by atoms with E-state index in [1.165, 1.54) is 134 Å². The number of aryl methyl sites for hydroxylation is 1. The highest BCUT2D eigenvalue weighted by molar-refractivity contribution is 6.08. The van der Waals surface area contributed by atoms with Crippen LogP contribution in [0.1, 0.15) is 322 Å². The molecular weight excluding hydrogens is 1530 g/mol. The fraction of sp³-hybridized carbons (Fsp3) is 0.504. The molecule has 0 amide bonds. The Bertz CT molecular complexity index is 4370. The highest BCUT2D eigenvalue weighted by Gasteiger charge is 2.38. The zero-order valence-corrected chi connectivity index (χ0v) is 81.6. The van der Waals surface area contributed by atoms with Gasteiger partial charge in [0.15, 0.2) is 0 Å². The van der Waals surface area contributed by atoms with Gasteiger partial charge in [-0.25, -0.2) is 13.8 Å². The first-order valence-corrected chi connectivity index (χ1v) is 47.1. The van der Waals surface area contributed by atoms with Gasteiger partial charge < -0.3 is 34.3 Å². The van der Waals surface area contributed by atoms with Crippen LogP contribution in [0.4, 0.5) is 31.5 Å². The maximum atomic E-state index is 13.1.